The smallest absolute Gasteiger partial charge is 0.223 e. The first-order valence-electron chi connectivity index (χ1n) is 6.25. The Balaban J connectivity index is 1.48. The van der Waals surface area contributed by atoms with Gasteiger partial charge >= 0.3 is 0 Å². The summed E-state index contributed by atoms with van der Waals surface area (Å²) < 4.78 is 0. The van der Waals surface area contributed by atoms with E-state index >= 15 is 0 Å². The van der Waals surface area contributed by atoms with Crippen LogP contribution in [0.5, 0.6) is 0 Å². The standard InChI is InChI=1S/C12H21NOS/c14-12(10-6-7-10)13-8-9-15-11-4-2-1-3-5-11/h10-11H,1-9H2,(H,13,14). The molecule has 2 fully saturated rings. The number of hydrogen-bond acceptors (Lipinski definition) is 2. The molecule has 0 unspecified atom stereocenters. The number of carbonyl (C=O) groups excluding carboxylic acids is 1. The van der Waals surface area contributed by atoms with Crippen molar-refractivity contribution in [3.8, 4) is 0 Å². The monoisotopic (exact) mass is 227 g/mol. The van der Waals surface area contributed by atoms with E-state index in [4.69, 9.17) is 0 Å². The van der Waals surface area contributed by atoms with Crippen LogP contribution in [0.2, 0.25) is 0 Å². The molecule has 1 amide bonds. The number of hydrogen-bond donors (Lipinski definition) is 1. The summed E-state index contributed by atoms with van der Waals surface area (Å²) in [6.45, 7) is 0.872. The Kier molecular flexibility index (Phi) is 4.36. The Morgan fingerprint density at radius 2 is 1.87 bits per heavy atom. The normalized spacial score (nSPS) is 22.7. The zero-order chi connectivity index (χ0) is 10.5. The molecule has 0 aromatic heterocycles. The molecule has 2 saturated carbocycles. The second kappa shape index (κ2) is 5.78. The maximum Gasteiger partial charge on any atom is 0.223 e. The zero-order valence-electron chi connectivity index (χ0n) is 9.34. The van der Waals surface area contributed by atoms with Gasteiger partial charge in [0.15, 0.2) is 0 Å². The molecular formula is C12H21NOS. The van der Waals surface area contributed by atoms with Gasteiger partial charge in [-0.2, -0.15) is 11.8 Å². The van der Waals surface area contributed by atoms with Crippen LogP contribution in [-0.2, 0) is 4.79 Å². The molecule has 0 spiro atoms. The van der Waals surface area contributed by atoms with Crippen LogP contribution < -0.4 is 5.32 Å². The molecule has 1 N–H and O–H groups in total. The van der Waals surface area contributed by atoms with E-state index in [0.29, 0.717) is 11.8 Å². The molecule has 0 aromatic rings. The molecule has 0 heterocycles. The third-order valence-corrected chi connectivity index (χ3v) is 4.64. The number of nitrogens with one attached hydrogen (secondary N) is 1. The highest BCUT2D eigenvalue weighted by Crippen LogP contribution is 2.29. The summed E-state index contributed by atoms with van der Waals surface area (Å²) in [5.41, 5.74) is 0. The minimum atomic E-state index is 0.291. The molecule has 2 nitrogen and oxygen atoms in total. The molecule has 2 aliphatic rings. The van der Waals surface area contributed by atoms with Crippen molar-refractivity contribution in [1.29, 1.82) is 0 Å². The van der Waals surface area contributed by atoms with E-state index in [1.165, 1.54) is 32.1 Å². The van der Waals surface area contributed by atoms with Crippen LogP contribution in [-0.4, -0.2) is 23.5 Å². The summed E-state index contributed by atoms with van der Waals surface area (Å²) >= 11 is 2.06. The van der Waals surface area contributed by atoms with Crippen molar-refractivity contribution >= 4 is 17.7 Å². The molecule has 0 atom stereocenters. The predicted molar refractivity (Wildman–Crippen MR) is 65.1 cm³/mol. The Morgan fingerprint density at radius 1 is 1.13 bits per heavy atom. The Morgan fingerprint density at radius 3 is 2.53 bits per heavy atom. The van der Waals surface area contributed by atoms with Gasteiger partial charge in [0.2, 0.25) is 5.91 Å². The van der Waals surface area contributed by atoms with Gasteiger partial charge in [0.05, 0.1) is 0 Å². The Bertz CT molecular complexity index is 210. The van der Waals surface area contributed by atoms with Crippen molar-refractivity contribution in [2.75, 3.05) is 12.3 Å². The average molecular weight is 227 g/mol. The van der Waals surface area contributed by atoms with Gasteiger partial charge in [0.25, 0.3) is 0 Å². The van der Waals surface area contributed by atoms with Crippen molar-refractivity contribution in [2.24, 2.45) is 5.92 Å². The van der Waals surface area contributed by atoms with Crippen molar-refractivity contribution in [3.05, 3.63) is 0 Å². The second-order valence-corrected chi connectivity index (χ2v) is 6.10. The van der Waals surface area contributed by atoms with E-state index in [9.17, 15) is 4.79 Å². The van der Waals surface area contributed by atoms with E-state index in [0.717, 1.165) is 30.4 Å². The molecule has 2 aliphatic carbocycles. The van der Waals surface area contributed by atoms with Gasteiger partial charge in [-0.3, -0.25) is 4.79 Å². The summed E-state index contributed by atoms with van der Waals surface area (Å²) in [4.78, 5) is 11.3. The van der Waals surface area contributed by atoms with Gasteiger partial charge in [0.1, 0.15) is 0 Å². The first kappa shape index (κ1) is 11.3. The molecule has 0 radical (unpaired) electrons. The maximum absolute atomic E-state index is 11.3. The number of amides is 1. The molecule has 0 aromatic carbocycles. The quantitative estimate of drug-likeness (QED) is 0.731. The van der Waals surface area contributed by atoms with E-state index in [2.05, 4.69) is 17.1 Å². The molecule has 0 saturated heterocycles. The van der Waals surface area contributed by atoms with E-state index in [1.54, 1.807) is 0 Å². The lowest BCUT2D eigenvalue weighted by molar-refractivity contribution is -0.122. The molecule has 0 bridgehead atoms. The number of carbonyl (C=O) groups is 1. The van der Waals surface area contributed by atoms with E-state index in [-0.39, 0.29) is 0 Å². The average Bonchev–Trinajstić information content (AvgIpc) is 3.09. The fourth-order valence-corrected chi connectivity index (χ4v) is 3.34. The zero-order valence-corrected chi connectivity index (χ0v) is 10.2. The lowest BCUT2D eigenvalue weighted by Crippen LogP contribution is -2.27. The van der Waals surface area contributed by atoms with Gasteiger partial charge < -0.3 is 5.32 Å². The summed E-state index contributed by atoms with van der Waals surface area (Å²) in [7, 11) is 0. The number of rotatable bonds is 5. The summed E-state index contributed by atoms with van der Waals surface area (Å²) in [6, 6.07) is 0. The van der Waals surface area contributed by atoms with E-state index in [1.807, 2.05) is 0 Å². The van der Waals surface area contributed by atoms with Gasteiger partial charge in [-0.25, -0.2) is 0 Å². The third kappa shape index (κ3) is 4.06. The van der Waals surface area contributed by atoms with Crippen LogP contribution in [0.25, 0.3) is 0 Å². The van der Waals surface area contributed by atoms with Gasteiger partial charge in [-0.05, 0) is 25.7 Å². The van der Waals surface area contributed by atoms with E-state index < -0.39 is 0 Å². The Hall–Kier alpha value is -0.180. The fourth-order valence-electron chi connectivity index (χ4n) is 2.12. The van der Waals surface area contributed by atoms with Crippen LogP contribution in [0, 0.1) is 5.92 Å². The van der Waals surface area contributed by atoms with Gasteiger partial charge in [-0.15, -0.1) is 0 Å². The second-order valence-electron chi connectivity index (χ2n) is 4.70. The summed E-state index contributed by atoms with van der Waals surface area (Å²) in [5, 5.41) is 3.90. The van der Waals surface area contributed by atoms with Crippen LogP contribution in [0.15, 0.2) is 0 Å². The van der Waals surface area contributed by atoms with Crippen molar-refractivity contribution in [1.82, 2.24) is 5.32 Å². The van der Waals surface area contributed by atoms with Crippen LogP contribution >= 0.6 is 11.8 Å². The largest absolute Gasteiger partial charge is 0.355 e. The topological polar surface area (TPSA) is 29.1 Å². The van der Waals surface area contributed by atoms with Gasteiger partial charge in [0, 0.05) is 23.5 Å². The SMILES string of the molecule is O=C(NCCSC1CCCCC1)C1CC1. The Labute approximate surface area is 96.6 Å². The molecule has 86 valence electrons. The highest BCUT2D eigenvalue weighted by atomic mass is 32.2. The molecule has 15 heavy (non-hydrogen) atoms. The van der Waals surface area contributed by atoms with Crippen molar-refractivity contribution in [3.63, 3.8) is 0 Å². The highest BCUT2D eigenvalue weighted by molar-refractivity contribution is 7.99. The lowest BCUT2D eigenvalue weighted by atomic mass is 10.0. The third-order valence-electron chi connectivity index (χ3n) is 3.26. The predicted octanol–water partition coefficient (Wildman–Crippen LogP) is 2.58. The first-order chi connectivity index (χ1) is 7.36. The molecule has 0 aliphatic heterocycles. The molecular weight excluding hydrogens is 206 g/mol. The van der Waals surface area contributed by atoms with Crippen molar-refractivity contribution in [2.45, 2.75) is 50.2 Å². The highest BCUT2D eigenvalue weighted by Gasteiger charge is 2.29. The van der Waals surface area contributed by atoms with Gasteiger partial charge in [-0.1, -0.05) is 19.3 Å². The molecule has 3 heteroatoms. The van der Waals surface area contributed by atoms with Crippen LogP contribution in [0.3, 0.4) is 0 Å². The summed E-state index contributed by atoms with van der Waals surface area (Å²) in [6.07, 6.45) is 9.25. The molecule has 2 rings (SSSR count). The van der Waals surface area contributed by atoms with Crippen molar-refractivity contribution < 1.29 is 4.79 Å². The fraction of sp³-hybridized carbons (Fsp3) is 0.917. The maximum atomic E-state index is 11.3. The number of thioether (sulfide) groups is 1. The minimum absolute atomic E-state index is 0.291. The summed E-state index contributed by atoms with van der Waals surface area (Å²) in [5.74, 6) is 1.76. The minimum Gasteiger partial charge on any atom is -0.355 e. The lowest BCUT2D eigenvalue weighted by Gasteiger charge is -2.20. The van der Waals surface area contributed by atoms with Crippen LogP contribution in [0.1, 0.15) is 44.9 Å². The van der Waals surface area contributed by atoms with Crippen LogP contribution in [0.4, 0.5) is 0 Å². The first-order valence-corrected chi connectivity index (χ1v) is 7.30.